The lowest BCUT2D eigenvalue weighted by atomic mass is 9.87. The molecular formula is C18H36O4. The minimum atomic E-state index is -1.13. The summed E-state index contributed by atoms with van der Waals surface area (Å²) in [5, 5.41) is 18.5. The van der Waals surface area contributed by atoms with Crippen molar-refractivity contribution in [2.45, 2.75) is 84.5 Å². The maximum atomic E-state index is 11.9. The van der Waals surface area contributed by atoms with Crippen LogP contribution in [0, 0.1) is 5.41 Å². The molecule has 0 amide bonds. The van der Waals surface area contributed by atoms with Crippen molar-refractivity contribution in [1.29, 1.82) is 0 Å². The van der Waals surface area contributed by atoms with Crippen molar-refractivity contribution in [2.24, 2.45) is 5.41 Å². The highest BCUT2D eigenvalue weighted by atomic mass is 16.5. The number of carbonyl (C=O) groups is 1. The summed E-state index contributed by atoms with van der Waals surface area (Å²) in [7, 11) is 0. The Balaban J connectivity index is 3.51. The van der Waals surface area contributed by atoms with Gasteiger partial charge >= 0.3 is 5.97 Å². The number of hydrogen-bond acceptors (Lipinski definition) is 4. The van der Waals surface area contributed by atoms with Gasteiger partial charge in [0.25, 0.3) is 0 Å². The molecule has 132 valence electrons. The summed E-state index contributed by atoms with van der Waals surface area (Å²) >= 11 is 0. The van der Waals surface area contributed by atoms with E-state index in [1.165, 1.54) is 51.4 Å². The van der Waals surface area contributed by atoms with E-state index < -0.39 is 11.4 Å². The molecule has 0 aromatic heterocycles. The predicted octanol–water partition coefficient (Wildman–Crippen LogP) is 3.83. The highest BCUT2D eigenvalue weighted by molar-refractivity contribution is 5.77. The van der Waals surface area contributed by atoms with Gasteiger partial charge in [0.1, 0.15) is 5.41 Å². The normalized spacial score (nSPS) is 11.6. The standard InChI is InChI=1S/C18H36O4/c1-3-5-6-7-8-9-10-11-12-13-14-22-17(21)18(4-2,15-19)16-20/h19-20H,3-16H2,1-2H3. The molecule has 4 nitrogen and oxygen atoms in total. The fourth-order valence-electron chi connectivity index (χ4n) is 2.45. The van der Waals surface area contributed by atoms with E-state index in [2.05, 4.69) is 6.92 Å². The van der Waals surface area contributed by atoms with E-state index in [-0.39, 0.29) is 13.2 Å². The van der Waals surface area contributed by atoms with Gasteiger partial charge in [-0.15, -0.1) is 0 Å². The Labute approximate surface area is 136 Å². The topological polar surface area (TPSA) is 66.8 Å². The van der Waals surface area contributed by atoms with E-state index in [1.807, 2.05) is 0 Å². The lowest BCUT2D eigenvalue weighted by Gasteiger charge is -2.25. The van der Waals surface area contributed by atoms with E-state index >= 15 is 0 Å². The fraction of sp³-hybridized carbons (Fsp3) is 0.944. The lowest BCUT2D eigenvalue weighted by Crippen LogP contribution is -2.39. The number of hydrogen-bond donors (Lipinski definition) is 2. The van der Waals surface area contributed by atoms with Gasteiger partial charge in [0.05, 0.1) is 19.8 Å². The summed E-state index contributed by atoms with van der Waals surface area (Å²) in [6.45, 7) is 3.66. The molecule has 0 saturated heterocycles. The summed E-state index contributed by atoms with van der Waals surface area (Å²) in [5.74, 6) is -0.476. The van der Waals surface area contributed by atoms with Crippen LogP contribution in [0.15, 0.2) is 0 Å². The second-order valence-electron chi connectivity index (χ2n) is 6.27. The third-order valence-corrected chi connectivity index (χ3v) is 4.45. The predicted molar refractivity (Wildman–Crippen MR) is 89.7 cm³/mol. The molecule has 0 atom stereocenters. The number of aliphatic hydroxyl groups is 2. The molecule has 0 aromatic rings. The van der Waals surface area contributed by atoms with Crippen LogP contribution in [-0.4, -0.2) is 36.0 Å². The van der Waals surface area contributed by atoms with Gasteiger partial charge < -0.3 is 14.9 Å². The van der Waals surface area contributed by atoms with Gasteiger partial charge in [0, 0.05) is 0 Å². The Kier molecular flexibility index (Phi) is 13.6. The van der Waals surface area contributed by atoms with Gasteiger partial charge in [-0.1, -0.05) is 71.6 Å². The van der Waals surface area contributed by atoms with Gasteiger partial charge in [0.15, 0.2) is 0 Å². The van der Waals surface area contributed by atoms with Gasteiger partial charge in [-0.3, -0.25) is 4.79 Å². The van der Waals surface area contributed by atoms with Crippen molar-refractivity contribution in [3.63, 3.8) is 0 Å². The molecule has 0 bridgehead atoms. The third-order valence-electron chi connectivity index (χ3n) is 4.45. The van der Waals surface area contributed by atoms with Crippen LogP contribution in [-0.2, 0) is 9.53 Å². The van der Waals surface area contributed by atoms with Crippen LogP contribution in [0.2, 0.25) is 0 Å². The average molecular weight is 316 g/mol. The highest BCUT2D eigenvalue weighted by Gasteiger charge is 2.37. The van der Waals surface area contributed by atoms with Crippen LogP contribution in [0.4, 0.5) is 0 Å². The molecule has 22 heavy (non-hydrogen) atoms. The molecule has 0 aliphatic rings. The smallest absolute Gasteiger partial charge is 0.316 e. The lowest BCUT2D eigenvalue weighted by molar-refractivity contribution is -0.162. The van der Waals surface area contributed by atoms with Crippen LogP contribution in [0.3, 0.4) is 0 Å². The SMILES string of the molecule is CCCCCCCCCCCCOC(=O)C(CC)(CO)CO. The quantitative estimate of drug-likeness (QED) is 0.356. The molecule has 0 radical (unpaired) electrons. The minimum absolute atomic E-state index is 0.364. The summed E-state index contributed by atoms with van der Waals surface area (Å²) in [5.41, 5.74) is -1.13. The van der Waals surface area contributed by atoms with Crippen LogP contribution in [0.1, 0.15) is 84.5 Å². The van der Waals surface area contributed by atoms with Gasteiger partial charge in [-0.2, -0.15) is 0 Å². The Morgan fingerprint density at radius 2 is 1.27 bits per heavy atom. The molecular weight excluding hydrogens is 280 g/mol. The van der Waals surface area contributed by atoms with Gasteiger partial charge in [0.2, 0.25) is 0 Å². The number of carbonyl (C=O) groups excluding carboxylic acids is 1. The molecule has 0 aliphatic carbocycles. The van der Waals surface area contributed by atoms with Crippen LogP contribution in [0.25, 0.3) is 0 Å². The van der Waals surface area contributed by atoms with Crippen LogP contribution in [0.5, 0.6) is 0 Å². The molecule has 0 rings (SSSR count). The number of unbranched alkanes of at least 4 members (excludes halogenated alkanes) is 9. The molecule has 0 unspecified atom stereocenters. The van der Waals surface area contributed by atoms with Crippen molar-refractivity contribution in [3.05, 3.63) is 0 Å². The third kappa shape index (κ3) is 8.74. The molecule has 0 saturated carbocycles. The average Bonchev–Trinajstić information content (AvgIpc) is 2.55. The van der Waals surface area contributed by atoms with Crippen molar-refractivity contribution in [1.82, 2.24) is 0 Å². The molecule has 0 fully saturated rings. The number of ether oxygens (including phenoxy) is 1. The second-order valence-corrected chi connectivity index (χ2v) is 6.27. The first-order valence-corrected chi connectivity index (χ1v) is 9.05. The van der Waals surface area contributed by atoms with E-state index in [0.717, 1.165) is 12.8 Å². The molecule has 0 heterocycles. The van der Waals surface area contributed by atoms with E-state index in [9.17, 15) is 15.0 Å². The van der Waals surface area contributed by atoms with E-state index in [0.29, 0.717) is 13.0 Å². The number of esters is 1. The molecule has 2 N–H and O–H groups in total. The van der Waals surface area contributed by atoms with Crippen molar-refractivity contribution in [2.75, 3.05) is 19.8 Å². The first kappa shape index (κ1) is 21.4. The zero-order valence-corrected chi connectivity index (χ0v) is 14.6. The molecule has 0 aliphatic heterocycles. The second kappa shape index (κ2) is 14.0. The van der Waals surface area contributed by atoms with E-state index in [1.54, 1.807) is 6.92 Å². The minimum Gasteiger partial charge on any atom is -0.465 e. The largest absolute Gasteiger partial charge is 0.465 e. The summed E-state index contributed by atoms with van der Waals surface area (Å²) in [4.78, 5) is 11.9. The van der Waals surface area contributed by atoms with Crippen LogP contribution < -0.4 is 0 Å². The maximum Gasteiger partial charge on any atom is 0.316 e. The van der Waals surface area contributed by atoms with Gasteiger partial charge in [-0.25, -0.2) is 0 Å². The Hall–Kier alpha value is -0.610. The summed E-state index contributed by atoms with van der Waals surface area (Å²) in [6.07, 6.45) is 12.8. The van der Waals surface area contributed by atoms with Crippen molar-refractivity contribution >= 4 is 5.97 Å². The number of rotatable bonds is 15. The Morgan fingerprint density at radius 1 is 0.818 bits per heavy atom. The monoisotopic (exact) mass is 316 g/mol. The van der Waals surface area contributed by atoms with E-state index in [4.69, 9.17) is 4.74 Å². The van der Waals surface area contributed by atoms with Crippen molar-refractivity contribution in [3.8, 4) is 0 Å². The summed E-state index contributed by atoms with van der Waals surface area (Å²) in [6, 6.07) is 0. The number of aliphatic hydroxyl groups excluding tert-OH is 2. The molecule has 4 heteroatoms. The zero-order chi connectivity index (χ0) is 16.7. The first-order valence-electron chi connectivity index (χ1n) is 9.05. The summed E-state index contributed by atoms with van der Waals surface area (Å²) < 4.78 is 5.19. The molecule has 0 aromatic carbocycles. The van der Waals surface area contributed by atoms with Crippen LogP contribution >= 0.6 is 0 Å². The Morgan fingerprint density at radius 3 is 1.68 bits per heavy atom. The first-order chi connectivity index (χ1) is 10.7. The Bertz CT molecular complexity index is 254. The van der Waals surface area contributed by atoms with Crippen molar-refractivity contribution < 1.29 is 19.7 Å². The van der Waals surface area contributed by atoms with Gasteiger partial charge in [-0.05, 0) is 12.8 Å². The fourth-order valence-corrected chi connectivity index (χ4v) is 2.45. The zero-order valence-electron chi connectivity index (χ0n) is 14.6. The highest BCUT2D eigenvalue weighted by Crippen LogP contribution is 2.22. The molecule has 0 spiro atoms. The maximum absolute atomic E-state index is 11.9.